The number of methoxy groups -OCH3 is 1. The van der Waals surface area contributed by atoms with Crippen LogP contribution in [-0.2, 0) is 21.1 Å². The van der Waals surface area contributed by atoms with Gasteiger partial charge in [-0.15, -0.1) is 0 Å². The number of nitrogens with zero attached hydrogens (tertiary/aromatic N) is 1. The van der Waals surface area contributed by atoms with Crippen molar-refractivity contribution in [3.05, 3.63) is 70.8 Å². The van der Waals surface area contributed by atoms with Crippen molar-refractivity contribution in [1.29, 1.82) is 0 Å². The zero-order valence-electron chi connectivity index (χ0n) is 14.7. The zero-order chi connectivity index (χ0) is 19.8. The summed E-state index contributed by atoms with van der Waals surface area (Å²) in [4.78, 5) is 16.3. The molecule has 1 aliphatic carbocycles. The molecule has 2 aromatic rings. The number of alkyl halides is 3. The van der Waals surface area contributed by atoms with Crippen LogP contribution in [0.1, 0.15) is 35.1 Å². The van der Waals surface area contributed by atoms with Crippen molar-refractivity contribution in [1.82, 2.24) is 4.98 Å². The lowest BCUT2D eigenvalue weighted by Gasteiger charge is -2.26. The first kappa shape index (κ1) is 19.1. The van der Waals surface area contributed by atoms with Gasteiger partial charge in [-0.1, -0.05) is 18.2 Å². The number of pyridine rings is 1. The molecule has 0 N–H and O–H groups in total. The molecular weight excluding hydrogens is 362 g/mol. The summed E-state index contributed by atoms with van der Waals surface area (Å²) < 4.78 is 57.9. The van der Waals surface area contributed by atoms with Gasteiger partial charge >= 0.3 is 12.1 Å². The van der Waals surface area contributed by atoms with E-state index in [1.807, 2.05) is 0 Å². The quantitative estimate of drug-likeness (QED) is 0.566. The van der Waals surface area contributed by atoms with E-state index in [0.717, 1.165) is 12.3 Å². The summed E-state index contributed by atoms with van der Waals surface area (Å²) in [7, 11) is 1.23. The Morgan fingerprint density at radius 1 is 1.26 bits per heavy atom. The SMILES string of the molecule is COC(=O)[C@]1(c2cccc(F)c2C)C=C(c2cncc(C(F)(F)F)c2)CC1. The zero-order valence-corrected chi connectivity index (χ0v) is 14.7. The molecule has 1 aromatic heterocycles. The van der Waals surface area contributed by atoms with Gasteiger partial charge in [0.1, 0.15) is 11.2 Å². The average Bonchev–Trinajstić information content (AvgIpc) is 3.09. The average molecular weight is 379 g/mol. The number of hydrogen-bond donors (Lipinski definition) is 0. The topological polar surface area (TPSA) is 39.2 Å². The third-order valence-corrected chi connectivity index (χ3v) is 4.94. The largest absolute Gasteiger partial charge is 0.468 e. The molecule has 0 unspecified atom stereocenters. The van der Waals surface area contributed by atoms with E-state index in [0.29, 0.717) is 23.1 Å². The van der Waals surface area contributed by atoms with Gasteiger partial charge in [-0.3, -0.25) is 9.78 Å². The molecule has 1 aliphatic rings. The van der Waals surface area contributed by atoms with Crippen LogP contribution in [0.4, 0.5) is 17.6 Å². The lowest BCUT2D eigenvalue weighted by Crippen LogP contribution is -2.34. The van der Waals surface area contributed by atoms with E-state index in [2.05, 4.69) is 4.98 Å². The molecule has 27 heavy (non-hydrogen) atoms. The van der Waals surface area contributed by atoms with Crippen LogP contribution in [0.3, 0.4) is 0 Å². The minimum atomic E-state index is -4.51. The molecule has 3 rings (SSSR count). The van der Waals surface area contributed by atoms with Crippen molar-refractivity contribution in [2.24, 2.45) is 0 Å². The third kappa shape index (κ3) is 3.34. The second-order valence-electron chi connectivity index (χ2n) is 6.50. The van der Waals surface area contributed by atoms with Crippen LogP contribution >= 0.6 is 0 Å². The molecule has 1 heterocycles. The summed E-state index contributed by atoms with van der Waals surface area (Å²) in [5, 5.41) is 0. The molecule has 0 saturated heterocycles. The van der Waals surface area contributed by atoms with E-state index < -0.39 is 28.9 Å². The van der Waals surface area contributed by atoms with Crippen LogP contribution in [0.25, 0.3) is 5.57 Å². The second-order valence-corrected chi connectivity index (χ2v) is 6.50. The number of carbonyl (C=O) groups is 1. The maximum Gasteiger partial charge on any atom is 0.417 e. The molecule has 1 atom stereocenters. The van der Waals surface area contributed by atoms with Gasteiger partial charge < -0.3 is 4.74 Å². The Hall–Kier alpha value is -2.70. The van der Waals surface area contributed by atoms with Gasteiger partial charge in [-0.05, 0) is 54.2 Å². The first-order valence-electron chi connectivity index (χ1n) is 8.27. The first-order chi connectivity index (χ1) is 12.7. The van der Waals surface area contributed by atoms with Crippen LogP contribution in [0.15, 0.2) is 42.7 Å². The van der Waals surface area contributed by atoms with E-state index in [4.69, 9.17) is 4.74 Å². The number of hydrogen-bond acceptors (Lipinski definition) is 3. The lowest BCUT2D eigenvalue weighted by atomic mass is 9.77. The van der Waals surface area contributed by atoms with Crippen LogP contribution in [0, 0.1) is 12.7 Å². The Balaban J connectivity index is 2.13. The Labute approximate surface area is 153 Å². The number of esters is 1. The normalized spacial score (nSPS) is 19.7. The Bertz CT molecular complexity index is 920. The molecule has 0 amide bonds. The van der Waals surface area contributed by atoms with Crippen LogP contribution in [0.2, 0.25) is 0 Å². The van der Waals surface area contributed by atoms with Crippen molar-refractivity contribution >= 4 is 11.5 Å². The lowest BCUT2D eigenvalue weighted by molar-refractivity contribution is -0.145. The van der Waals surface area contributed by atoms with E-state index in [9.17, 15) is 22.4 Å². The van der Waals surface area contributed by atoms with E-state index >= 15 is 0 Å². The summed E-state index contributed by atoms with van der Waals surface area (Å²) in [5.74, 6) is -1.04. The number of halogens is 4. The minimum absolute atomic E-state index is 0.273. The van der Waals surface area contributed by atoms with Crippen LogP contribution < -0.4 is 0 Å². The molecule has 0 saturated carbocycles. The molecule has 1 aromatic carbocycles. The summed E-state index contributed by atoms with van der Waals surface area (Å²) in [6.07, 6.45) is -0.238. The number of rotatable bonds is 3. The van der Waals surface area contributed by atoms with Crippen molar-refractivity contribution in [3.63, 3.8) is 0 Å². The molecule has 0 radical (unpaired) electrons. The fourth-order valence-corrected chi connectivity index (χ4v) is 3.53. The first-order valence-corrected chi connectivity index (χ1v) is 8.27. The Kier molecular flexibility index (Phi) is 4.80. The molecule has 142 valence electrons. The Morgan fingerprint density at radius 3 is 2.67 bits per heavy atom. The number of carbonyl (C=O) groups excluding carboxylic acids is 1. The second kappa shape index (κ2) is 6.79. The van der Waals surface area contributed by atoms with Crippen molar-refractivity contribution in [2.45, 2.75) is 31.4 Å². The molecule has 0 aliphatic heterocycles. The van der Waals surface area contributed by atoms with E-state index in [1.165, 1.54) is 25.4 Å². The predicted octanol–water partition coefficient (Wildman–Crippen LogP) is 4.84. The summed E-state index contributed by atoms with van der Waals surface area (Å²) in [6, 6.07) is 5.43. The summed E-state index contributed by atoms with van der Waals surface area (Å²) >= 11 is 0. The van der Waals surface area contributed by atoms with Crippen LogP contribution in [-0.4, -0.2) is 18.1 Å². The fourth-order valence-electron chi connectivity index (χ4n) is 3.53. The highest BCUT2D eigenvalue weighted by molar-refractivity contribution is 5.91. The maximum atomic E-state index is 14.1. The highest BCUT2D eigenvalue weighted by Crippen LogP contribution is 2.45. The van der Waals surface area contributed by atoms with E-state index in [1.54, 1.807) is 19.1 Å². The fraction of sp³-hybridized carbons (Fsp3) is 0.300. The van der Waals surface area contributed by atoms with Crippen LogP contribution in [0.5, 0.6) is 0 Å². The maximum absolute atomic E-state index is 14.1. The molecule has 0 spiro atoms. The monoisotopic (exact) mass is 379 g/mol. The van der Waals surface area contributed by atoms with Gasteiger partial charge in [0.15, 0.2) is 0 Å². The van der Waals surface area contributed by atoms with E-state index in [-0.39, 0.29) is 12.0 Å². The number of allylic oxidation sites excluding steroid dienone is 1. The minimum Gasteiger partial charge on any atom is -0.468 e. The number of ether oxygens (including phenoxy) is 1. The van der Waals surface area contributed by atoms with Crippen molar-refractivity contribution in [2.75, 3.05) is 7.11 Å². The highest BCUT2D eigenvalue weighted by atomic mass is 19.4. The van der Waals surface area contributed by atoms with Gasteiger partial charge in [0.2, 0.25) is 0 Å². The Morgan fingerprint density at radius 2 is 2.00 bits per heavy atom. The van der Waals surface area contributed by atoms with Gasteiger partial charge in [-0.2, -0.15) is 13.2 Å². The van der Waals surface area contributed by atoms with Crippen molar-refractivity contribution in [3.8, 4) is 0 Å². The standard InChI is InChI=1S/C20H17F4NO2/c1-12-16(4-3-5-17(12)21)19(18(26)27-2)7-6-13(9-19)14-8-15(11-25-10-14)20(22,23)24/h3-5,8-11H,6-7H2,1-2H3/t19-/m0/s1. The smallest absolute Gasteiger partial charge is 0.417 e. The molecule has 0 fully saturated rings. The van der Waals surface area contributed by atoms with Gasteiger partial charge in [0, 0.05) is 12.4 Å². The molecule has 3 nitrogen and oxygen atoms in total. The third-order valence-electron chi connectivity index (χ3n) is 4.94. The summed E-state index contributed by atoms with van der Waals surface area (Å²) in [5.41, 5.74) is -0.526. The van der Waals surface area contributed by atoms with Crippen molar-refractivity contribution < 1.29 is 27.1 Å². The van der Waals surface area contributed by atoms with Gasteiger partial charge in [0.05, 0.1) is 12.7 Å². The van der Waals surface area contributed by atoms with Gasteiger partial charge in [-0.25, -0.2) is 4.39 Å². The molecular formula is C20H17F4NO2. The molecule has 7 heteroatoms. The van der Waals surface area contributed by atoms with Gasteiger partial charge in [0.25, 0.3) is 0 Å². The predicted molar refractivity (Wildman–Crippen MR) is 91.3 cm³/mol. The number of benzene rings is 1. The highest BCUT2D eigenvalue weighted by Gasteiger charge is 2.44. The number of aromatic nitrogens is 1. The summed E-state index contributed by atoms with van der Waals surface area (Å²) in [6.45, 7) is 1.56. The molecule has 0 bridgehead atoms.